The number of rotatable bonds is 1. The number of nitrogens with zero attached hydrogens (tertiary/aromatic N) is 2. The van der Waals surface area contributed by atoms with Crippen LogP contribution >= 0.6 is 43.6 Å². The molecule has 0 aliphatic carbocycles. The van der Waals surface area contributed by atoms with E-state index in [2.05, 4.69) is 40.6 Å². The molecular weight excluding hydrogens is 356 g/mol. The van der Waals surface area contributed by atoms with E-state index in [4.69, 9.17) is 4.42 Å². The van der Waals surface area contributed by atoms with Gasteiger partial charge in [0.05, 0.1) is 16.2 Å². The minimum absolute atomic E-state index is 0.789. The van der Waals surface area contributed by atoms with Crippen LogP contribution in [0.4, 0.5) is 0 Å². The summed E-state index contributed by atoms with van der Waals surface area (Å²) in [6, 6.07) is 5.84. The van der Waals surface area contributed by atoms with Gasteiger partial charge in [-0.15, -0.1) is 0 Å². The summed E-state index contributed by atoms with van der Waals surface area (Å²) in [6.07, 6.45) is 1.66. The van der Waals surface area contributed by atoms with Gasteiger partial charge < -0.3 is 4.42 Å². The van der Waals surface area contributed by atoms with Crippen LogP contribution in [-0.4, -0.2) is 8.75 Å². The summed E-state index contributed by atoms with van der Waals surface area (Å²) in [6.45, 7) is 0. The van der Waals surface area contributed by atoms with E-state index >= 15 is 0 Å². The van der Waals surface area contributed by atoms with Crippen LogP contribution in [0, 0.1) is 0 Å². The smallest absolute Gasteiger partial charge is 0.137 e. The van der Waals surface area contributed by atoms with Crippen LogP contribution in [0.25, 0.3) is 22.4 Å². The zero-order valence-electron chi connectivity index (χ0n) is 7.78. The molecule has 2 heterocycles. The van der Waals surface area contributed by atoms with Gasteiger partial charge in [-0.1, -0.05) is 0 Å². The second kappa shape index (κ2) is 3.94. The third-order valence-corrected chi connectivity index (χ3v) is 3.78. The van der Waals surface area contributed by atoms with Crippen LogP contribution in [0.5, 0.6) is 0 Å². The van der Waals surface area contributed by atoms with E-state index < -0.39 is 0 Å². The molecule has 0 atom stereocenters. The summed E-state index contributed by atoms with van der Waals surface area (Å²) in [4.78, 5) is 0. The number of hydrogen-bond donors (Lipinski definition) is 0. The lowest BCUT2D eigenvalue weighted by atomic mass is 10.1. The number of benzene rings is 1. The zero-order valence-corrected chi connectivity index (χ0v) is 11.8. The van der Waals surface area contributed by atoms with E-state index in [1.165, 1.54) is 11.7 Å². The third kappa shape index (κ3) is 1.61. The Morgan fingerprint density at radius 1 is 1.12 bits per heavy atom. The zero-order chi connectivity index (χ0) is 11.1. The molecule has 6 heteroatoms. The number of halogens is 2. The van der Waals surface area contributed by atoms with Crippen molar-refractivity contribution in [1.82, 2.24) is 8.75 Å². The Labute approximate surface area is 112 Å². The largest absolute Gasteiger partial charge is 0.463 e. The van der Waals surface area contributed by atoms with E-state index in [1.54, 1.807) is 6.26 Å². The van der Waals surface area contributed by atoms with Crippen LogP contribution < -0.4 is 0 Å². The highest BCUT2D eigenvalue weighted by Crippen LogP contribution is 2.33. The van der Waals surface area contributed by atoms with E-state index in [0.717, 1.165) is 31.3 Å². The Morgan fingerprint density at radius 3 is 2.69 bits per heavy atom. The lowest BCUT2D eigenvalue weighted by Crippen LogP contribution is -1.79. The maximum Gasteiger partial charge on any atom is 0.137 e. The first kappa shape index (κ1) is 10.4. The molecule has 3 rings (SSSR count). The summed E-state index contributed by atoms with van der Waals surface area (Å²) in [5.41, 5.74) is 2.69. The fraction of sp³-hybridized carbons (Fsp3) is 0. The van der Waals surface area contributed by atoms with Gasteiger partial charge in [0.1, 0.15) is 23.1 Å². The van der Waals surface area contributed by atoms with Gasteiger partial charge in [-0.3, -0.25) is 0 Å². The molecule has 80 valence electrons. The normalized spacial score (nSPS) is 11.1. The van der Waals surface area contributed by atoms with Gasteiger partial charge >= 0.3 is 0 Å². The lowest BCUT2D eigenvalue weighted by molar-refractivity contribution is 0.581. The number of furan rings is 1. The Kier molecular flexibility index (Phi) is 2.57. The molecule has 0 spiro atoms. The van der Waals surface area contributed by atoms with Gasteiger partial charge in [-0.2, -0.15) is 8.75 Å². The molecule has 0 unspecified atom stereocenters. The van der Waals surface area contributed by atoms with Crippen molar-refractivity contribution in [2.24, 2.45) is 0 Å². The summed E-state index contributed by atoms with van der Waals surface area (Å²) < 4.78 is 15.8. The average Bonchev–Trinajstić information content (AvgIpc) is 2.87. The highest BCUT2D eigenvalue weighted by molar-refractivity contribution is 9.11. The van der Waals surface area contributed by atoms with Gasteiger partial charge in [-0.25, -0.2) is 0 Å². The Morgan fingerprint density at radius 2 is 1.94 bits per heavy atom. The fourth-order valence-electron chi connectivity index (χ4n) is 1.49. The Balaban J connectivity index is 2.32. The molecule has 3 nitrogen and oxygen atoms in total. The van der Waals surface area contributed by atoms with Crippen LogP contribution in [0.1, 0.15) is 0 Å². The highest BCUT2D eigenvalue weighted by atomic mass is 79.9. The first-order valence-corrected chi connectivity index (χ1v) is 6.72. The molecule has 3 aromatic rings. The molecule has 0 aliphatic heterocycles. The molecule has 0 saturated heterocycles. The molecule has 0 amide bonds. The van der Waals surface area contributed by atoms with Gasteiger partial charge in [0.25, 0.3) is 0 Å². The van der Waals surface area contributed by atoms with Gasteiger partial charge in [-0.05, 0) is 50.1 Å². The SMILES string of the molecule is Brc1coc(-c2ccc(Br)c3nsnc23)c1. The van der Waals surface area contributed by atoms with Crippen molar-refractivity contribution in [3.05, 3.63) is 33.4 Å². The fourth-order valence-corrected chi connectivity index (χ4v) is 2.89. The predicted octanol–water partition coefficient (Wildman–Crippen LogP) is 4.48. The van der Waals surface area contributed by atoms with Crippen molar-refractivity contribution in [2.75, 3.05) is 0 Å². The standard InChI is InChI=1S/C10H4Br2N2OS/c11-5-3-8(15-4-5)6-1-2-7(12)10-9(6)13-16-14-10/h1-4H. The molecular formula is C10H4Br2N2OS. The molecule has 16 heavy (non-hydrogen) atoms. The molecule has 0 N–H and O–H groups in total. The molecule has 0 aliphatic rings. The third-order valence-electron chi connectivity index (χ3n) is 2.20. The molecule has 1 aromatic carbocycles. The maximum atomic E-state index is 5.44. The lowest BCUT2D eigenvalue weighted by Gasteiger charge is -1.98. The Hall–Kier alpha value is -0.720. The van der Waals surface area contributed by atoms with E-state index in [1.807, 2.05) is 18.2 Å². The van der Waals surface area contributed by atoms with Gasteiger partial charge in [0.15, 0.2) is 0 Å². The van der Waals surface area contributed by atoms with Gasteiger partial charge in [0.2, 0.25) is 0 Å². The van der Waals surface area contributed by atoms with E-state index in [-0.39, 0.29) is 0 Å². The minimum atomic E-state index is 0.789. The highest BCUT2D eigenvalue weighted by Gasteiger charge is 2.12. The van der Waals surface area contributed by atoms with Crippen molar-refractivity contribution in [3.8, 4) is 11.3 Å². The molecule has 0 bridgehead atoms. The summed E-state index contributed by atoms with van der Waals surface area (Å²) in [5.74, 6) is 0.789. The second-order valence-electron chi connectivity index (χ2n) is 3.19. The first-order chi connectivity index (χ1) is 7.75. The molecule has 0 radical (unpaired) electrons. The number of fused-ring (bicyclic) bond motifs is 1. The summed E-state index contributed by atoms with van der Waals surface area (Å²) in [5, 5.41) is 0. The number of aromatic nitrogens is 2. The maximum absolute atomic E-state index is 5.44. The minimum Gasteiger partial charge on any atom is -0.463 e. The van der Waals surface area contributed by atoms with Crippen LogP contribution in [0.15, 0.2) is 37.8 Å². The van der Waals surface area contributed by atoms with Gasteiger partial charge in [0, 0.05) is 10.0 Å². The molecule has 2 aromatic heterocycles. The Bertz CT molecular complexity index is 662. The summed E-state index contributed by atoms with van der Waals surface area (Å²) >= 11 is 8.01. The predicted molar refractivity (Wildman–Crippen MR) is 70.5 cm³/mol. The summed E-state index contributed by atoms with van der Waals surface area (Å²) in [7, 11) is 0. The van der Waals surface area contributed by atoms with Crippen molar-refractivity contribution >= 4 is 54.6 Å². The van der Waals surface area contributed by atoms with Crippen molar-refractivity contribution < 1.29 is 4.42 Å². The quantitative estimate of drug-likeness (QED) is 0.643. The molecule has 0 fully saturated rings. The van der Waals surface area contributed by atoms with Crippen molar-refractivity contribution in [2.45, 2.75) is 0 Å². The second-order valence-corrected chi connectivity index (χ2v) is 5.48. The first-order valence-electron chi connectivity index (χ1n) is 4.41. The van der Waals surface area contributed by atoms with Crippen LogP contribution in [0.2, 0.25) is 0 Å². The van der Waals surface area contributed by atoms with E-state index in [9.17, 15) is 0 Å². The number of hydrogen-bond acceptors (Lipinski definition) is 4. The topological polar surface area (TPSA) is 38.9 Å². The average molecular weight is 360 g/mol. The van der Waals surface area contributed by atoms with Crippen molar-refractivity contribution in [3.63, 3.8) is 0 Å². The molecule has 0 saturated carbocycles. The van der Waals surface area contributed by atoms with E-state index in [0.29, 0.717) is 0 Å². The van der Waals surface area contributed by atoms with Crippen LogP contribution in [-0.2, 0) is 0 Å². The monoisotopic (exact) mass is 358 g/mol. The van der Waals surface area contributed by atoms with Crippen molar-refractivity contribution in [1.29, 1.82) is 0 Å². The van der Waals surface area contributed by atoms with Crippen LogP contribution in [0.3, 0.4) is 0 Å².